The Morgan fingerprint density at radius 1 is 1.47 bits per heavy atom. The number of aliphatic carboxylic acids is 1. The first kappa shape index (κ1) is 13.8. The van der Waals surface area contributed by atoms with Crippen molar-refractivity contribution < 1.29 is 14.6 Å². The second kappa shape index (κ2) is 5.92. The molecule has 0 fully saturated rings. The maximum atomic E-state index is 10.6. The molecule has 0 aliphatic rings. The lowest BCUT2D eigenvalue weighted by Gasteiger charge is -2.16. The highest BCUT2D eigenvalue weighted by molar-refractivity contribution is 6.30. The summed E-state index contributed by atoms with van der Waals surface area (Å²) in [5.74, 6) is 0.219. The van der Waals surface area contributed by atoms with Crippen LogP contribution in [-0.2, 0) is 11.2 Å². The van der Waals surface area contributed by atoms with Gasteiger partial charge in [-0.15, -0.1) is 0 Å². The van der Waals surface area contributed by atoms with E-state index in [4.69, 9.17) is 21.4 Å². The molecule has 1 aromatic rings. The van der Waals surface area contributed by atoms with Crippen molar-refractivity contribution in [3.8, 4) is 5.75 Å². The van der Waals surface area contributed by atoms with Gasteiger partial charge in [-0.2, -0.15) is 0 Å². The van der Waals surface area contributed by atoms with Gasteiger partial charge in [-0.25, -0.2) is 0 Å². The van der Waals surface area contributed by atoms with Crippen molar-refractivity contribution >= 4 is 17.6 Å². The first-order chi connectivity index (χ1) is 7.95. The number of aryl methyl sites for hydroxylation is 1. The number of carboxylic acids is 1. The summed E-state index contributed by atoms with van der Waals surface area (Å²) in [5.41, 5.74) is 1.87. The van der Waals surface area contributed by atoms with Crippen LogP contribution in [0.5, 0.6) is 5.75 Å². The number of carboxylic acid groups (broad SMARTS) is 1. The molecule has 17 heavy (non-hydrogen) atoms. The monoisotopic (exact) mass is 256 g/mol. The number of hydrogen-bond donors (Lipinski definition) is 1. The van der Waals surface area contributed by atoms with Crippen LogP contribution in [0.1, 0.15) is 37.3 Å². The van der Waals surface area contributed by atoms with Gasteiger partial charge in [0.15, 0.2) is 0 Å². The summed E-state index contributed by atoms with van der Waals surface area (Å²) < 4.78 is 5.37. The van der Waals surface area contributed by atoms with Crippen LogP contribution in [0, 0.1) is 0 Å². The van der Waals surface area contributed by atoms with E-state index in [1.165, 1.54) is 0 Å². The fourth-order valence-electron chi connectivity index (χ4n) is 1.78. The fraction of sp³-hybridized carbons (Fsp3) is 0.462. The highest BCUT2D eigenvalue weighted by Crippen LogP contribution is 2.33. The molecule has 1 rings (SSSR count). The van der Waals surface area contributed by atoms with E-state index in [0.29, 0.717) is 11.4 Å². The predicted molar refractivity (Wildman–Crippen MR) is 68.0 cm³/mol. The third-order valence-electron chi connectivity index (χ3n) is 2.59. The van der Waals surface area contributed by atoms with E-state index in [0.717, 1.165) is 16.9 Å². The normalized spacial score (nSPS) is 10.6. The van der Waals surface area contributed by atoms with Crippen molar-refractivity contribution in [3.63, 3.8) is 0 Å². The molecule has 0 heterocycles. The van der Waals surface area contributed by atoms with E-state index in [9.17, 15) is 4.79 Å². The Balaban J connectivity index is 3.13. The van der Waals surface area contributed by atoms with Crippen LogP contribution in [0.3, 0.4) is 0 Å². The average Bonchev–Trinajstić information content (AvgIpc) is 2.25. The van der Waals surface area contributed by atoms with Gasteiger partial charge in [0, 0.05) is 11.4 Å². The smallest absolute Gasteiger partial charge is 0.303 e. The van der Waals surface area contributed by atoms with Gasteiger partial charge in [-0.3, -0.25) is 4.79 Å². The molecule has 0 aliphatic carbocycles. The second-order valence-corrected chi connectivity index (χ2v) is 4.67. The zero-order valence-electron chi connectivity index (χ0n) is 10.3. The number of hydrogen-bond acceptors (Lipinski definition) is 2. The zero-order chi connectivity index (χ0) is 13.0. The molecule has 0 aliphatic heterocycles. The van der Waals surface area contributed by atoms with Crippen molar-refractivity contribution in [3.05, 3.63) is 28.3 Å². The zero-order valence-corrected chi connectivity index (χ0v) is 11.0. The first-order valence-corrected chi connectivity index (χ1v) is 5.91. The minimum atomic E-state index is -0.821. The summed E-state index contributed by atoms with van der Waals surface area (Å²) >= 11 is 6.04. The summed E-state index contributed by atoms with van der Waals surface area (Å²) in [6.45, 7) is 4.10. The molecule has 1 aromatic carbocycles. The lowest BCUT2D eigenvalue weighted by atomic mass is 9.97. The van der Waals surface area contributed by atoms with E-state index in [1.54, 1.807) is 13.2 Å². The van der Waals surface area contributed by atoms with Crippen molar-refractivity contribution in [2.45, 2.75) is 32.6 Å². The number of methoxy groups -OCH3 is 1. The van der Waals surface area contributed by atoms with Crippen molar-refractivity contribution in [2.24, 2.45) is 0 Å². The SMILES string of the molecule is COc1c(CCC(=O)O)cc(Cl)cc1C(C)C. The summed E-state index contributed by atoms with van der Waals surface area (Å²) in [6, 6.07) is 3.64. The Labute approximate surface area is 106 Å². The molecule has 1 N–H and O–H groups in total. The number of ether oxygens (including phenoxy) is 1. The lowest BCUT2D eigenvalue weighted by molar-refractivity contribution is -0.136. The predicted octanol–water partition coefficient (Wildman–Crippen LogP) is 3.49. The summed E-state index contributed by atoms with van der Waals surface area (Å²) in [4.78, 5) is 10.6. The Bertz CT molecular complexity index is 413. The standard InChI is InChI=1S/C13H17ClO3/c1-8(2)11-7-10(14)6-9(13(11)17-3)4-5-12(15)16/h6-8H,4-5H2,1-3H3,(H,15,16). The Morgan fingerprint density at radius 2 is 2.12 bits per heavy atom. The molecule has 4 heteroatoms. The molecule has 0 aromatic heterocycles. The molecule has 0 amide bonds. The molecule has 0 saturated heterocycles. The van der Waals surface area contributed by atoms with Gasteiger partial charge in [-0.1, -0.05) is 25.4 Å². The van der Waals surface area contributed by atoms with E-state index in [-0.39, 0.29) is 12.3 Å². The van der Waals surface area contributed by atoms with E-state index in [1.807, 2.05) is 6.07 Å². The third-order valence-corrected chi connectivity index (χ3v) is 2.81. The Morgan fingerprint density at radius 3 is 2.59 bits per heavy atom. The molecule has 0 spiro atoms. The van der Waals surface area contributed by atoms with E-state index < -0.39 is 5.97 Å². The van der Waals surface area contributed by atoms with Gasteiger partial charge >= 0.3 is 5.97 Å². The topological polar surface area (TPSA) is 46.5 Å². The van der Waals surface area contributed by atoms with Gasteiger partial charge in [0.1, 0.15) is 5.75 Å². The minimum Gasteiger partial charge on any atom is -0.496 e. The molecular weight excluding hydrogens is 240 g/mol. The van der Waals surface area contributed by atoms with Crippen LogP contribution in [0.2, 0.25) is 5.02 Å². The fourth-order valence-corrected chi connectivity index (χ4v) is 2.03. The van der Waals surface area contributed by atoms with Gasteiger partial charge < -0.3 is 9.84 Å². The quantitative estimate of drug-likeness (QED) is 0.877. The van der Waals surface area contributed by atoms with Gasteiger partial charge in [0.05, 0.1) is 7.11 Å². The van der Waals surface area contributed by atoms with Crippen LogP contribution >= 0.6 is 11.6 Å². The average molecular weight is 257 g/mol. The number of benzene rings is 1. The molecule has 0 atom stereocenters. The molecule has 0 unspecified atom stereocenters. The summed E-state index contributed by atoms with van der Waals surface area (Å²) in [6.07, 6.45) is 0.507. The minimum absolute atomic E-state index is 0.0776. The van der Waals surface area contributed by atoms with Gasteiger partial charge in [-0.05, 0) is 35.6 Å². The number of carbonyl (C=O) groups is 1. The Hall–Kier alpha value is -1.22. The molecule has 0 bridgehead atoms. The molecular formula is C13H17ClO3. The highest BCUT2D eigenvalue weighted by atomic mass is 35.5. The molecule has 0 radical (unpaired) electrons. The number of rotatable bonds is 5. The van der Waals surface area contributed by atoms with Crippen LogP contribution in [0.25, 0.3) is 0 Å². The van der Waals surface area contributed by atoms with E-state index >= 15 is 0 Å². The van der Waals surface area contributed by atoms with E-state index in [2.05, 4.69) is 13.8 Å². The largest absolute Gasteiger partial charge is 0.496 e. The maximum Gasteiger partial charge on any atom is 0.303 e. The van der Waals surface area contributed by atoms with Gasteiger partial charge in [0.25, 0.3) is 0 Å². The molecule has 94 valence electrons. The lowest BCUT2D eigenvalue weighted by Crippen LogP contribution is -2.03. The van der Waals surface area contributed by atoms with Crippen molar-refractivity contribution in [1.29, 1.82) is 0 Å². The third kappa shape index (κ3) is 3.63. The van der Waals surface area contributed by atoms with Crippen LogP contribution in [0.4, 0.5) is 0 Å². The van der Waals surface area contributed by atoms with Crippen LogP contribution in [-0.4, -0.2) is 18.2 Å². The Kier molecular flexibility index (Phi) is 4.82. The van der Waals surface area contributed by atoms with Gasteiger partial charge in [0.2, 0.25) is 0 Å². The number of halogens is 1. The molecule has 0 saturated carbocycles. The second-order valence-electron chi connectivity index (χ2n) is 4.24. The summed E-state index contributed by atoms with van der Waals surface area (Å²) in [7, 11) is 1.60. The van der Waals surface area contributed by atoms with Crippen molar-refractivity contribution in [1.82, 2.24) is 0 Å². The maximum absolute atomic E-state index is 10.6. The van der Waals surface area contributed by atoms with Crippen molar-refractivity contribution in [2.75, 3.05) is 7.11 Å². The summed E-state index contributed by atoms with van der Waals surface area (Å²) in [5, 5.41) is 9.33. The van der Waals surface area contributed by atoms with Crippen LogP contribution < -0.4 is 4.74 Å². The first-order valence-electron chi connectivity index (χ1n) is 5.53. The van der Waals surface area contributed by atoms with Crippen LogP contribution in [0.15, 0.2) is 12.1 Å². The molecule has 3 nitrogen and oxygen atoms in total. The highest BCUT2D eigenvalue weighted by Gasteiger charge is 2.14.